The zero-order chi connectivity index (χ0) is 38.5. The molecule has 0 aliphatic carbocycles. The summed E-state index contributed by atoms with van der Waals surface area (Å²) in [5.41, 5.74) is 7.98. The number of Topliss-reactive ketones (excluding diaryl/α,β-unsaturated/α-hetero) is 1. The molecule has 4 heterocycles. The normalized spacial score (nSPS) is 33.2. The number of aryl methyl sites for hydroxylation is 1. The smallest absolute Gasteiger partial charge is 0.410 e. The van der Waals surface area contributed by atoms with Crippen LogP contribution in [0.3, 0.4) is 0 Å². The van der Waals surface area contributed by atoms with Crippen molar-refractivity contribution < 1.29 is 28.9 Å². The van der Waals surface area contributed by atoms with Gasteiger partial charge in [0.25, 0.3) is 0 Å². The number of hydrogen-bond acceptors (Lipinski definition) is 12. The second-order valence-corrected chi connectivity index (χ2v) is 16.3. The molecular weight excluding hydrogens is 693 g/mol. The number of nitrogens with one attached hydrogen (secondary N) is 1. The molecule has 1 unspecified atom stereocenters. The minimum atomic E-state index is -1.49. The van der Waals surface area contributed by atoms with Crippen molar-refractivity contribution in [3.63, 3.8) is 0 Å². The van der Waals surface area contributed by atoms with Gasteiger partial charge in [-0.1, -0.05) is 38.1 Å². The standard InChI is InChI=1S/C38H56BN7O6S/c1-8-31-38(6)34(46(36(49)52-38)15-10-9-14-45-21-30(43-44-45)26-12-11-13-27(40)16-26)25(4)42-19-23(2)18-37(5,50-7)33(39)24(3)32(47)29(35(48)51-31)17-28-20-41-22-53-28/h11-13,16,20-25,29,31,33-35,42,48H,8-10,14-15,17-19,40H2,1-7H3/t23-,24+,25-,29-,31-,33-,34-,35?,37-,38-/m1/s1. The number of fused-ring (bicyclic) bond motifs is 1. The number of nitrogen functional groups attached to an aromatic ring is 1. The van der Waals surface area contributed by atoms with Crippen molar-refractivity contribution >= 4 is 36.7 Å². The highest BCUT2D eigenvalue weighted by molar-refractivity contribution is 7.09. The van der Waals surface area contributed by atoms with E-state index in [1.54, 1.807) is 35.3 Å². The van der Waals surface area contributed by atoms with E-state index in [0.29, 0.717) is 44.6 Å². The monoisotopic (exact) mass is 749 g/mol. The average Bonchev–Trinajstić information content (AvgIpc) is 3.89. The molecule has 4 N–H and O–H groups in total. The summed E-state index contributed by atoms with van der Waals surface area (Å²) in [6, 6.07) is 6.86. The van der Waals surface area contributed by atoms with Crippen molar-refractivity contribution in [2.45, 2.75) is 122 Å². The molecule has 10 atom stereocenters. The zero-order valence-electron chi connectivity index (χ0n) is 32.1. The summed E-state index contributed by atoms with van der Waals surface area (Å²) in [5.74, 6) is -2.33. The zero-order valence-corrected chi connectivity index (χ0v) is 32.9. The van der Waals surface area contributed by atoms with Crippen LogP contribution < -0.4 is 11.1 Å². The molecule has 5 rings (SSSR count). The highest BCUT2D eigenvalue weighted by Gasteiger charge is 2.58. The Bertz CT molecular complexity index is 1660. The van der Waals surface area contributed by atoms with Gasteiger partial charge in [0.15, 0.2) is 11.9 Å². The fraction of sp³-hybridized carbons (Fsp3) is 0.658. The number of carbonyl (C=O) groups is 2. The van der Waals surface area contributed by atoms with Crippen LogP contribution in [0.25, 0.3) is 11.3 Å². The number of unbranched alkanes of at least 4 members (excludes halogenated alkanes) is 1. The van der Waals surface area contributed by atoms with Crippen LogP contribution in [0.15, 0.2) is 42.2 Å². The summed E-state index contributed by atoms with van der Waals surface area (Å²) >= 11 is 1.41. The van der Waals surface area contributed by atoms with E-state index in [-0.39, 0.29) is 24.2 Å². The molecule has 0 spiro atoms. The number of hydrogen-bond donors (Lipinski definition) is 3. The molecule has 0 bridgehead atoms. The number of aliphatic hydroxyl groups excluding tert-OH is 1. The molecule has 1 aromatic carbocycles. The highest BCUT2D eigenvalue weighted by Crippen LogP contribution is 2.41. The lowest BCUT2D eigenvalue weighted by atomic mass is 9.62. The average molecular weight is 750 g/mol. The SMILES string of the molecule is [B][C@@H]1[C@@H](C)C(=O)[C@@H](Cc2cncs2)C(O)O[C@H](CC)[C@@]2(C)OC(=O)N(CCCCn3cc(-c4cccc(N)c4)nn3)[C@@H]2[C@@H](C)NC[C@H](C)C[C@@]1(C)OC. The predicted octanol–water partition coefficient (Wildman–Crippen LogP) is 4.90. The van der Waals surface area contributed by atoms with E-state index in [9.17, 15) is 14.7 Å². The molecule has 288 valence electrons. The van der Waals surface area contributed by atoms with Gasteiger partial charge in [-0.15, -0.1) is 16.4 Å². The Balaban J connectivity index is 1.39. The number of aliphatic hydroxyl groups is 1. The number of nitrogens with two attached hydrogens (primary N) is 1. The Hall–Kier alpha value is -3.37. The molecule has 2 saturated heterocycles. The van der Waals surface area contributed by atoms with Crippen LogP contribution in [0.2, 0.25) is 5.82 Å². The summed E-state index contributed by atoms with van der Waals surface area (Å²) < 4.78 is 20.6. The molecule has 2 aromatic heterocycles. The summed E-state index contributed by atoms with van der Waals surface area (Å²) in [4.78, 5) is 34.9. The van der Waals surface area contributed by atoms with E-state index >= 15 is 0 Å². The lowest BCUT2D eigenvalue weighted by Crippen LogP contribution is -2.61. The number of anilines is 1. The predicted molar refractivity (Wildman–Crippen MR) is 205 cm³/mol. The molecule has 3 aromatic rings. The van der Waals surface area contributed by atoms with Crippen LogP contribution >= 0.6 is 11.3 Å². The van der Waals surface area contributed by atoms with Crippen molar-refractivity contribution in [2.24, 2.45) is 17.8 Å². The first-order chi connectivity index (χ1) is 25.2. The lowest BCUT2D eigenvalue weighted by Gasteiger charge is -2.42. The molecule has 2 aliphatic heterocycles. The van der Waals surface area contributed by atoms with Gasteiger partial charge in [-0.25, -0.2) is 4.79 Å². The van der Waals surface area contributed by atoms with E-state index in [1.807, 2.05) is 51.2 Å². The van der Waals surface area contributed by atoms with Crippen molar-refractivity contribution in [3.8, 4) is 11.3 Å². The topological polar surface area (TPSA) is 167 Å². The number of methoxy groups -OCH3 is 1. The van der Waals surface area contributed by atoms with Gasteiger partial charge < -0.3 is 30.4 Å². The van der Waals surface area contributed by atoms with Crippen molar-refractivity contribution in [1.29, 1.82) is 0 Å². The van der Waals surface area contributed by atoms with Crippen molar-refractivity contribution in [1.82, 2.24) is 30.2 Å². The lowest BCUT2D eigenvalue weighted by molar-refractivity contribution is -0.212. The maximum Gasteiger partial charge on any atom is 0.410 e. The molecule has 0 saturated carbocycles. The number of rotatable bonds is 10. The first kappa shape index (κ1) is 40.8. The summed E-state index contributed by atoms with van der Waals surface area (Å²) in [6.07, 6.45) is 3.61. The third kappa shape index (κ3) is 9.13. The summed E-state index contributed by atoms with van der Waals surface area (Å²) in [6.45, 7) is 13.4. The third-order valence-electron chi connectivity index (χ3n) is 11.3. The van der Waals surface area contributed by atoms with E-state index < -0.39 is 53.4 Å². The molecule has 2 radical (unpaired) electrons. The first-order valence-electron chi connectivity index (χ1n) is 18.7. The van der Waals surface area contributed by atoms with Gasteiger partial charge >= 0.3 is 6.09 Å². The Morgan fingerprint density at radius 1 is 1.19 bits per heavy atom. The molecule has 1 amide bonds. The van der Waals surface area contributed by atoms with Crippen molar-refractivity contribution in [3.05, 3.63) is 47.0 Å². The van der Waals surface area contributed by atoms with Crippen molar-refractivity contribution in [2.75, 3.05) is 25.9 Å². The largest absolute Gasteiger partial charge is 0.438 e. The van der Waals surface area contributed by atoms with Crippen LogP contribution in [0.5, 0.6) is 0 Å². The van der Waals surface area contributed by atoms with E-state index in [1.165, 1.54) is 11.3 Å². The van der Waals surface area contributed by atoms with Gasteiger partial charge in [0.1, 0.15) is 17.6 Å². The Morgan fingerprint density at radius 2 is 1.94 bits per heavy atom. The molecule has 2 fully saturated rings. The van der Waals surface area contributed by atoms with Gasteiger partial charge in [0, 0.05) is 54.5 Å². The minimum Gasteiger partial charge on any atom is -0.438 e. The number of thiazole rings is 1. The van der Waals surface area contributed by atoms with Gasteiger partial charge in [-0.2, -0.15) is 0 Å². The number of ether oxygens (including phenoxy) is 3. The second-order valence-electron chi connectivity index (χ2n) is 15.3. The quantitative estimate of drug-likeness (QED) is 0.147. The van der Waals surface area contributed by atoms with Gasteiger partial charge in [-0.05, 0) is 83.3 Å². The maximum absolute atomic E-state index is 14.3. The van der Waals surface area contributed by atoms with Gasteiger partial charge in [0.2, 0.25) is 0 Å². The second kappa shape index (κ2) is 17.4. The number of amides is 1. The minimum absolute atomic E-state index is 0.107. The highest BCUT2D eigenvalue weighted by atomic mass is 32.1. The maximum atomic E-state index is 14.3. The number of ketones is 1. The fourth-order valence-electron chi connectivity index (χ4n) is 8.24. The van der Waals surface area contributed by atoms with Gasteiger partial charge in [-0.3, -0.25) is 19.4 Å². The third-order valence-corrected chi connectivity index (χ3v) is 12.1. The number of carbonyl (C=O) groups excluding carboxylic acids is 2. The Kier molecular flexibility index (Phi) is 13.4. The fourth-order valence-corrected chi connectivity index (χ4v) is 8.89. The van der Waals surface area contributed by atoms with E-state index in [2.05, 4.69) is 34.5 Å². The van der Waals surface area contributed by atoms with E-state index in [4.69, 9.17) is 27.8 Å². The Labute approximate surface area is 318 Å². The van der Waals surface area contributed by atoms with Crippen LogP contribution in [0, 0.1) is 17.8 Å². The first-order valence-corrected chi connectivity index (χ1v) is 19.6. The number of aromatic nitrogens is 4. The van der Waals surface area contributed by atoms with Crippen LogP contribution in [-0.2, 0) is 32.0 Å². The molecule has 15 heteroatoms. The van der Waals surface area contributed by atoms with Crippen LogP contribution in [0.4, 0.5) is 10.5 Å². The van der Waals surface area contributed by atoms with Gasteiger partial charge in [0.05, 0.1) is 37.1 Å². The summed E-state index contributed by atoms with van der Waals surface area (Å²) in [5, 5.41) is 24.1. The number of nitrogens with zero attached hydrogens (tertiary/aromatic N) is 5. The van der Waals surface area contributed by atoms with Crippen LogP contribution in [-0.4, -0.2) is 106 Å². The molecule has 13 nitrogen and oxygen atoms in total. The molecule has 2 aliphatic rings. The van der Waals surface area contributed by atoms with E-state index in [0.717, 1.165) is 22.6 Å². The Morgan fingerprint density at radius 3 is 2.62 bits per heavy atom. The molecular formula is C38H56BN7O6S. The number of benzene rings is 1. The molecule has 53 heavy (non-hydrogen) atoms. The summed E-state index contributed by atoms with van der Waals surface area (Å²) in [7, 11) is 8.47. The van der Waals surface area contributed by atoms with Crippen LogP contribution in [0.1, 0.15) is 72.1 Å².